The topological polar surface area (TPSA) is 72.0 Å². The van der Waals surface area contributed by atoms with E-state index in [2.05, 4.69) is 41.5 Å². The first-order valence-corrected chi connectivity index (χ1v) is 6.42. The van der Waals surface area contributed by atoms with Crippen LogP contribution in [0.1, 0.15) is 5.56 Å². The first-order chi connectivity index (χ1) is 9.12. The number of benzene rings is 1. The van der Waals surface area contributed by atoms with Gasteiger partial charge in [-0.15, -0.1) is 0 Å². The Bertz CT molecular complexity index is 568. The lowest BCUT2D eigenvalue weighted by Crippen LogP contribution is -2.06. The fourth-order valence-corrected chi connectivity index (χ4v) is 1.83. The SMILES string of the molecule is CNc1nc(Nc2cc(Br)ccc2C)nc(OC)n1. The van der Waals surface area contributed by atoms with Crippen molar-refractivity contribution in [3.8, 4) is 6.01 Å². The van der Waals surface area contributed by atoms with Crippen LogP contribution in [-0.2, 0) is 0 Å². The number of nitrogens with zero attached hydrogens (tertiary/aromatic N) is 3. The zero-order valence-electron chi connectivity index (χ0n) is 10.9. The van der Waals surface area contributed by atoms with E-state index >= 15 is 0 Å². The van der Waals surface area contributed by atoms with E-state index in [9.17, 15) is 0 Å². The van der Waals surface area contributed by atoms with E-state index in [1.165, 1.54) is 7.11 Å². The van der Waals surface area contributed by atoms with Crippen LogP contribution in [0.3, 0.4) is 0 Å². The zero-order chi connectivity index (χ0) is 13.8. The Labute approximate surface area is 119 Å². The molecule has 0 aliphatic carbocycles. The van der Waals surface area contributed by atoms with Crippen molar-refractivity contribution in [1.29, 1.82) is 0 Å². The normalized spacial score (nSPS) is 10.1. The molecule has 2 aromatic rings. The molecule has 0 bridgehead atoms. The van der Waals surface area contributed by atoms with Gasteiger partial charge in [0.1, 0.15) is 0 Å². The second kappa shape index (κ2) is 5.83. The van der Waals surface area contributed by atoms with Crippen LogP contribution in [0.25, 0.3) is 0 Å². The monoisotopic (exact) mass is 323 g/mol. The van der Waals surface area contributed by atoms with Gasteiger partial charge in [-0.2, -0.15) is 15.0 Å². The number of halogens is 1. The molecule has 7 heteroatoms. The van der Waals surface area contributed by atoms with E-state index in [-0.39, 0.29) is 6.01 Å². The maximum atomic E-state index is 5.04. The van der Waals surface area contributed by atoms with Crippen LogP contribution in [0.2, 0.25) is 0 Å². The highest BCUT2D eigenvalue weighted by Gasteiger charge is 2.07. The minimum atomic E-state index is 0.259. The largest absolute Gasteiger partial charge is 0.467 e. The lowest BCUT2D eigenvalue weighted by molar-refractivity contribution is 0.379. The van der Waals surface area contributed by atoms with Crippen molar-refractivity contribution in [2.24, 2.45) is 0 Å². The van der Waals surface area contributed by atoms with E-state index in [1.54, 1.807) is 7.05 Å². The van der Waals surface area contributed by atoms with Crippen LogP contribution in [0.4, 0.5) is 17.6 Å². The lowest BCUT2D eigenvalue weighted by Gasteiger charge is -2.10. The number of hydrogen-bond donors (Lipinski definition) is 2. The van der Waals surface area contributed by atoms with Gasteiger partial charge >= 0.3 is 6.01 Å². The minimum Gasteiger partial charge on any atom is -0.467 e. The van der Waals surface area contributed by atoms with Gasteiger partial charge in [-0.1, -0.05) is 22.0 Å². The summed E-state index contributed by atoms with van der Waals surface area (Å²) in [6, 6.07) is 6.21. The predicted molar refractivity (Wildman–Crippen MR) is 78.1 cm³/mol. The summed E-state index contributed by atoms with van der Waals surface area (Å²) in [5.74, 6) is 0.874. The van der Waals surface area contributed by atoms with Crippen LogP contribution >= 0.6 is 15.9 Å². The summed E-state index contributed by atoms with van der Waals surface area (Å²) in [6.07, 6.45) is 0. The van der Waals surface area contributed by atoms with Gasteiger partial charge in [0.05, 0.1) is 7.11 Å². The summed E-state index contributed by atoms with van der Waals surface area (Å²) in [4.78, 5) is 12.4. The molecule has 0 aliphatic rings. The summed E-state index contributed by atoms with van der Waals surface area (Å²) in [5, 5.41) is 6.01. The Morgan fingerprint density at radius 1 is 1.16 bits per heavy atom. The molecule has 0 saturated carbocycles. The predicted octanol–water partition coefficient (Wildman–Crippen LogP) is 2.74. The molecule has 0 unspecified atom stereocenters. The molecule has 1 aromatic heterocycles. The summed E-state index contributed by atoms with van der Waals surface area (Å²) in [5.41, 5.74) is 2.01. The highest BCUT2D eigenvalue weighted by atomic mass is 79.9. The zero-order valence-corrected chi connectivity index (χ0v) is 12.4. The van der Waals surface area contributed by atoms with Crippen molar-refractivity contribution in [3.05, 3.63) is 28.2 Å². The molecule has 1 heterocycles. The van der Waals surface area contributed by atoms with Gasteiger partial charge in [0.25, 0.3) is 0 Å². The fourth-order valence-electron chi connectivity index (χ4n) is 1.46. The summed E-state index contributed by atoms with van der Waals surface area (Å²) < 4.78 is 6.02. The molecule has 100 valence electrons. The summed E-state index contributed by atoms with van der Waals surface area (Å²) >= 11 is 3.44. The molecule has 0 saturated heterocycles. The van der Waals surface area contributed by atoms with E-state index in [0.29, 0.717) is 11.9 Å². The van der Waals surface area contributed by atoms with Crippen molar-refractivity contribution >= 4 is 33.5 Å². The maximum absolute atomic E-state index is 5.04. The average Bonchev–Trinajstić information content (AvgIpc) is 2.42. The summed E-state index contributed by atoms with van der Waals surface area (Å²) in [6.45, 7) is 2.01. The first kappa shape index (κ1) is 13.5. The van der Waals surface area contributed by atoms with E-state index in [1.807, 2.05) is 25.1 Å². The van der Waals surface area contributed by atoms with Crippen LogP contribution in [0, 0.1) is 6.92 Å². The minimum absolute atomic E-state index is 0.259. The Kier molecular flexibility index (Phi) is 4.16. The van der Waals surface area contributed by atoms with E-state index in [4.69, 9.17) is 4.74 Å². The molecule has 19 heavy (non-hydrogen) atoms. The Hall–Kier alpha value is -1.89. The number of rotatable bonds is 4. The molecule has 0 radical (unpaired) electrons. The van der Waals surface area contributed by atoms with E-state index < -0.39 is 0 Å². The smallest absolute Gasteiger partial charge is 0.322 e. The van der Waals surface area contributed by atoms with Crippen LogP contribution in [0.5, 0.6) is 6.01 Å². The van der Waals surface area contributed by atoms with Crippen LogP contribution < -0.4 is 15.4 Å². The standard InChI is InChI=1S/C12H14BrN5O/c1-7-4-5-8(13)6-9(7)15-11-16-10(14-2)17-12(18-11)19-3/h4-6H,1-3H3,(H2,14,15,16,17,18). The second-order valence-electron chi connectivity index (χ2n) is 3.80. The highest BCUT2D eigenvalue weighted by Crippen LogP contribution is 2.23. The van der Waals surface area contributed by atoms with Crippen molar-refractivity contribution in [2.45, 2.75) is 6.92 Å². The van der Waals surface area contributed by atoms with Gasteiger partial charge in [0.15, 0.2) is 0 Å². The Morgan fingerprint density at radius 3 is 2.58 bits per heavy atom. The van der Waals surface area contributed by atoms with Crippen molar-refractivity contribution in [2.75, 3.05) is 24.8 Å². The lowest BCUT2D eigenvalue weighted by atomic mass is 10.2. The number of ether oxygens (including phenoxy) is 1. The Balaban J connectivity index is 2.34. The second-order valence-corrected chi connectivity index (χ2v) is 4.72. The van der Waals surface area contributed by atoms with Gasteiger partial charge in [-0.25, -0.2) is 0 Å². The highest BCUT2D eigenvalue weighted by molar-refractivity contribution is 9.10. The molecule has 0 spiro atoms. The fraction of sp³-hybridized carbons (Fsp3) is 0.250. The third-order valence-electron chi connectivity index (χ3n) is 2.47. The van der Waals surface area contributed by atoms with Crippen LogP contribution in [-0.4, -0.2) is 29.1 Å². The van der Waals surface area contributed by atoms with Gasteiger partial charge in [0, 0.05) is 17.2 Å². The Morgan fingerprint density at radius 2 is 1.89 bits per heavy atom. The van der Waals surface area contributed by atoms with Gasteiger partial charge in [0.2, 0.25) is 11.9 Å². The maximum Gasteiger partial charge on any atom is 0.322 e. The van der Waals surface area contributed by atoms with Crippen LogP contribution in [0.15, 0.2) is 22.7 Å². The quantitative estimate of drug-likeness (QED) is 0.901. The molecular weight excluding hydrogens is 310 g/mol. The van der Waals surface area contributed by atoms with Gasteiger partial charge in [-0.05, 0) is 24.6 Å². The van der Waals surface area contributed by atoms with Crippen molar-refractivity contribution < 1.29 is 4.74 Å². The third-order valence-corrected chi connectivity index (χ3v) is 2.96. The van der Waals surface area contributed by atoms with Crippen molar-refractivity contribution in [1.82, 2.24) is 15.0 Å². The third kappa shape index (κ3) is 3.31. The van der Waals surface area contributed by atoms with E-state index in [0.717, 1.165) is 15.7 Å². The molecule has 0 aliphatic heterocycles. The molecule has 2 rings (SSSR count). The average molecular weight is 324 g/mol. The molecule has 1 aromatic carbocycles. The number of nitrogens with one attached hydrogen (secondary N) is 2. The van der Waals surface area contributed by atoms with Crippen molar-refractivity contribution in [3.63, 3.8) is 0 Å². The molecular formula is C12H14BrN5O. The molecule has 0 fully saturated rings. The van der Waals surface area contributed by atoms with Gasteiger partial charge < -0.3 is 15.4 Å². The van der Waals surface area contributed by atoms with Gasteiger partial charge in [-0.3, -0.25) is 0 Å². The molecule has 2 N–H and O–H groups in total. The number of anilines is 3. The number of aryl methyl sites for hydroxylation is 1. The summed E-state index contributed by atoms with van der Waals surface area (Å²) in [7, 11) is 3.26. The molecule has 6 nitrogen and oxygen atoms in total. The molecule has 0 amide bonds. The first-order valence-electron chi connectivity index (χ1n) is 5.63. The number of hydrogen-bond acceptors (Lipinski definition) is 6. The molecule has 0 atom stereocenters. The number of methoxy groups -OCH3 is 1. The number of aromatic nitrogens is 3.